The van der Waals surface area contributed by atoms with Crippen LogP contribution in [0.1, 0.15) is 24.3 Å². The second-order valence-electron chi connectivity index (χ2n) is 3.97. The van der Waals surface area contributed by atoms with Crippen molar-refractivity contribution in [2.24, 2.45) is 0 Å². The van der Waals surface area contributed by atoms with Gasteiger partial charge in [-0.15, -0.1) is 11.3 Å². The van der Waals surface area contributed by atoms with Crippen molar-refractivity contribution in [2.75, 3.05) is 12.4 Å². The number of hydrogen-bond acceptors (Lipinski definition) is 3. The fourth-order valence-electron chi connectivity index (χ4n) is 1.81. The summed E-state index contributed by atoms with van der Waals surface area (Å²) in [5, 5.41) is 5.66. The molecule has 1 unspecified atom stereocenters. The number of benzene rings is 1. The molecule has 0 fully saturated rings. The van der Waals surface area contributed by atoms with Crippen LogP contribution in [0.15, 0.2) is 40.2 Å². The smallest absolute Gasteiger partial charge is 0.135 e. The van der Waals surface area contributed by atoms with E-state index in [4.69, 9.17) is 4.74 Å². The molecule has 0 aliphatic rings. The van der Waals surface area contributed by atoms with Crippen LogP contribution in [0.2, 0.25) is 0 Å². The van der Waals surface area contributed by atoms with Crippen molar-refractivity contribution in [2.45, 2.75) is 19.4 Å². The number of rotatable bonds is 5. The molecule has 0 radical (unpaired) electrons. The Balaban J connectivity index is 2.17. The number of thiophene rings is 1. The first-order valence-corrected chi connectivity index (χ1v) is 7.55. The van der Waals surface area contributed by atoms with E-state index in [0.717, 1.165) is 22.3 Å². The van der Waals surface area contributed by atoms with E-state index in [2.05, 4.69) is 51.7 Å². The van der Waals surface area contributed by atoms with Gasteiger partial charge in [-0.1, -0.05) is 13.0 Å². The predicted molar refractivity (Wildman–Crippen MR) is 81.7 cm³/mol. The van der Waals surface area contributed by atoms with Gasteiger partial charge in [-0.05, 0) is 45.9 Å². The molecule has 1 atom stereocenters. The van der Waals surface area contributed by atoms with Crippen LogP contribution in [-0.2, 0) is 0 Å². The second kappa shape index (κ2) is 6.25. The summed E-state index contributed by atoms with van der Waals surface area (Å²) in [4.78, 5) is 1.36. The summed E-state index contributed by atoms with van der Waals surface area (Å²) in [6.45, 7) is 2.19. The van der Waals surface area contributed by atoms with Crippen molar-refractivity contribution >= 4 is 33.0 Å². The average molecular weight is 326 g/mol. The van der Waals surface area contributed by atoms with Crippen LogP contribution in [0.25, 0.3) is 0 Å². The lowest BCUT2D eigenvalue weighted by molar-refractivity contribution is 0.412. The van der Waals surface area contributed by atoms with Crippen LogP contribution >= 0.6 is 27.3 Å². The SMILES string of the molecule is CCC(Nc1ccc(Br)c(OC)c1)c1cccs1. The monoisotopic (exact) mass is 325 g/mol. The van der Waals surface area contributed by atoms with Crippen LogP contribution in [-0.4, -0.2) is 7.11 Å². The Morgan fingerprint density at radius 1 is 1.39 bits per heavy atom. The van der Waals surface area contributed by atoms with E-state index < -0.39 is 0 Å². The molecular weight excluding hydrogens is 310 g/mol. The maximum absolute atomic E-state index is 5.31. The van der Waals surface area contributed by atoms with E-state index in [1.807, 2.05) is 12.1 Å². The summed E-state index contributed by atoms with van der Waals surface area (Å²) in [6, 6.07) is 10.7. The molecule has 0 amide bonds. The highest BCUT2D eigenvalue weighted by atomic mass is 79.9. The Kier molecular flexibility index (Phi) is 4.66. The molecular formula is C14H16BrNOS. The third-order valence-electron chi connectivity index (χ3n) is 2.79. The molecule has 1 aromatic heterocycles. The van der Waals surface area contributed by atoms with Gasteiger partial charge in [0.25, 0.3) is 0 Å². The number of hydrogen-bond donors (Lipinski definition) is 1. The van der Waals surface area contributed by atoms with E-state index in [1.54, 1.807) is 18.4 Å². The molecule has 0 aliphatic carbocycles. The summed E-state index contributed by atoms with van der Waals surface area (Å²) < 4.78 is 6.28. The van der Waals surface area contributed by atoms with E-state index in [1.165, 1.54) is 4.88 Å². The molecule has 1 N–H and O–H groups in total. The van der Waals surface area contributed by atoms with Gasteiger partial charge in [0, 0.05) is 16.6 Å². The van der Waals surface area contributed by atoms with Crippen molar-refractivity contribution in [1.82, 2.24) is 0 Å². The Hall–Kier alpha value is -1.00. The zero-order valence-electron chi connectivity index (χ0n) is 10.4. The Labute approximate surface area is 120 Å². The van der Waals surface area contributed by atoms with Crippen molar-refractivity contribution < 1.29 is 4.74 Å². The molecule has 1 heterocycles. The lowest BCUT2D eigenvalue weighted by atomic mass is 10.1. The zero-order chi connectivity index (χ0) is 13.0. The van der Waals surface area contributed by atoms with Crippen molar-refractivity contribution in [1.29, 1.82) is 0 Å². The molecule has 0 saturated heterocycles. The van der Waals surface area contributed by atoms with Gasteiger partial charge in [0.05, 0.1) is 17.6 Å². The number of methoxy groups -OCH3 is 1. The third-order valence-corrected chi connectivity index (χ3v) is 4.43. The lowest BCUT2D eigenvalue weighted by Gasteiger charge is -2.17. The Bertz CT molecular complexity index is 499. The van der Waals surface area contributed by atoms with Gasteiger partial charge in [0.15, 0.2) is 0 Å². The maximum atomic E-state index is 5.31. The molecule has 1 aromatic carbocycles. The molecule has 96 valence electrons. The van der Waals surface area contributed by atoms with Gasteiger partial charge < -0.3 is 10.1 Å². The van der Waals surface area contributed by atoms with Gasteiger partial charge in [0.2, 0.25) is 0 Å². The minimum absolute atomic E-state index is 0.357. The largest absolute Gasteiger partial charge is 0.495 e. The lowest BCUT2D eigenvalue weighted by Crippen LogP contribution is -2.08. The van der Waals surface area contributed by atoms with Crippen LogP contribution < -0.4 is 10.1 Å². The highest BCUT2D eigenvalue weighted by molar-refractivity contribution is 9.10. The number of ether oxygens (including phenoxy) is 1. The molecule has 2 aromatic rings. The van der Waals surface area contributed by atoms with Gasteiger partial charge in [-0.2, -0.15) is 0 Å². The molecule has 2 rings (SSSR count). The molecule has 0 aliphatic heterocycles. The first-order valence-electron chi connectivity index (χ1n) is 5.88. The van der Waals surface area contributed by atoms with Gasteiger partial charge in [0.1, 0.15) is 5.75 Å². The van der Waals surface area contributed by atoms with Gasteiger partial charge in [-0.25, -0.2) is 0 Å². The van der Waals surface area contributed by atoms with Crippen molar-refractivity contribution in [3.05, 3.63) is 45.1 Å². The summed E-state index contributed by atoms with van der Waals surface area (Å²) in [7, 11) is 1.68. The number of anilines is 1. The highest BCUT2D eigenvalue weighted by Crippen LogP contribution is 2.31. The van der Waals surface area contributed by atoms with E-state index in [9.17, 15) is 0 Å². The summed E-state index contributed by atoms with van der Waals surface area (Å²) in [6.07, 6.45) is 1.05. The normalized spacial score (nSPS) is 12.2. The Morgan fingerprint density at radius 3 is 2.83 bits per heavy atom. The Morgan fingerprint density at radius 2 is 2.22 bits per heavy atom. The maximum Gasteiger partial charge on any atom is 0.135 e. The highest BCUT2D eigenvalue weighted by Gasteiger charge is 2.11. The number of halogens is 1. The van der Waals surface area contributed by atoms with Crippen LogP contribution in [0, 0.1) is 0 Å². The summed E-state index contributed by atoms with van der Waals surface area (Å²) in [5.41, 5.74) is 1.08. The van der Waals surface area contributed by atoms with Crippen LogP contribution in [0.4, 0.5) is 5.69 Å². The molecule has 0 bridgehead atoms. The summed E-state index contributed by atoms with van der Waals surface area (Å²) >= 11 is 5.25. The topological polar surface area (TPSA) is 21.3 Å². The molecule has 0 saturated carbocycles. The summed E-state index contributed by atoms with van der Waals surface area (Å²) in [5.74, 6) is 0.848. The quantitative estimate of drug-likeness (QED) is 0.827. The van der Waals surface area contributed by atoms with Crippen molar-refractivity contribution in [3.8, 4) is 5.75 Å². The predicted octanol–water partition coefficient (Wildman–Crippen LogP) is 5.08. The van der Waals surface area contributed by atoms with Crippen molar-refractivity contribution in [3.63, 3.8) is 0 Å². The van der Waals surface area contributed by atoms with E-state index in [-0.39, 0.29) is 0 Å². The average Bonchev–Trinajstić information content (AvgIpc) is 2.91. The minimum atomic E-state index is 0.357. The number of nitrogens with one attached hydrogen (secondary N) is 1. The van der Waals surface area contributed by atoms with E-state index >= 15 is 0 Å². The third kappa shape index (κ3) is 3.06. The van der Waals surface area contributed by atoms with Gasteiger partial charge in [-0.3, -0.25) is 0 Å². The minimum Gasteiger partial charge on any atom is -0.495 e. The fraction of sp³-hybridized carbons (Fsp3) is 0.286. The molecule has 0 spiro atoms. The first-order chi connectivity index (χ1) is 8.74. The second-order valence-corrected chi connectivity index (χ2v) is 5.80. The van der Waals surface area contributed by atoms with Crippen LogP contribution in [0.5, 0.6) is 5.75 Å². The van der Waals surface area contributed by atoms with Crippen LogP contribution in [0.3, 0.4) is 0 Å². The van der Waals surface area contributed by atoms with E-state index in [0.29, 0.717) is 6.04 Å². The molecule has 4 heteroatoms. The standard InChI is InChI=1S/C14H16BrNOS/c1-3-12(14-5-4-8-18-14)16-10-6-7-11(15)13(9-10)17-2/h4-9,12,16H,3H2,1-2H3. The molecule has 18 heavy (non-hydrogen) atoms. The first kappa shape index (κ1) is 13.4. The van der Waals surface area contributed by atoms with Gasteiger partial charge >= 0.3 is 0 Å². The zero-order valence-corrected chi connectivity index (χ0v) is 12.8. The molecule has 2 nitrogen and oxygen atoms in total. The fourth-order valence-corrected chi connectivity index (χ4v) is 3.08.